The van der Waals surface area contributed by atoms with Crippen molar-refractivity contribution in [3.8, 4) is 0 Å². The number of amides is 1. The predicted molar refractivity (Wildman–Crippen MR) is 51.5 cm³/mol. The monoisotopic (exact) mass is 185 g/mol. The van der Waals surface area contributed by atoms with E-state index in [1.54, 1.807) is 0 Å². The molecule has 1 fully saturated rings. The molecule has 0 aromatic carbocycles. The molecule has 0 aromatic rings. The molecule has 1 amide bonds. The van der Waals surface area contributed by atoms with Crippen molar-refractivity contribution in [2.75, 3.05) is 7.11 Å². The first-order valence-electron chi connectivity index (χ1n) is 5.03. The van der Waals surface area contributed by atoms with Crippen LogP contribution in [0.2, 0.25) is 0 Å². The number of hydrogen-bond acceptors (Lipinski definition) is 2. The number of nitrogens with one attached hydrogen (secondary N) is 1. The summed E-state index contributed by atoms with van der Waals surface area (Å²) in [5.74, 6) is 1.35. The van der Waals surface area contributed by atoms with Gasteiger partial charge in [-0.15, -0.1) is 0 Å². The molecule has 0 heterocycles. The van der Waals surface area contributed by atoms with Crippen LogP contribution in [0.3, 0.4) is 0 Å². The van der Waals surface area contributed by atoms with E-state index in [4.69, 9.17) is 0 Å². The molecule has 0 aromatic heterocycles. The zero-order chi connectivity index (χ0) is 9.84. The molecule has 0 radical (unpaired) electrons. The van der Waals surface area contributed by atoms with Crippen LogP contribution >= 0.6 is 0 Å². The van der Waals surface area contributed by atoms with Crippen molar-refractivity contribution < 1.29 is 9.53 Å². The third-order valence-corrected chi connectivity index (χ3v) is 3.24. The number of hydrogen-bond donors (Lipinski definition) is 1. The van der Waals surface area contributed by atoms with E-state index in [9.17, 15) is 4.79 Å². The lowest BCUT2D eigenvalue weighted by molar-refractivity contribution is 0.163. The molecule has 1 rings (SSSR count). The topological polar surface area (TPSA) is 38.3 Å². The highest BCUT2D eigenvalue weighted by molar-refractivity contribution is 5.67. The molecule has 13 heavy (non-hydrogen) atoms. The Morgan fingerprint density at radius 2 is 2.23 bits per heavy atom. The summed E-state index contributed by atoms with van der Waals surface area (Å²) < 4.78 is 4.58. The average molecular weight is 185 g/mol. The molecule has 0 spiro atoms. The minimum absolute atomic E-state index is 0.298. The molecular weight excluding hydrogens is 166 g/mol. The van der Waals surface area contributed by atoms with Gasteiger partial charge < -0.3 is 10.1 Å². The van der Waals surface area contributed by atoms with Crippen molar-refractivity contribution in [2.24, 2.45) is 11.8 Å². The Morgan fingerprint density at radius 3 is 2.69 bits per heavy atom. The fourth-order valence-corrected chi connectivity index (χ4v) is 2.24. The maximum Gasteiger partial charge on any atom is 0.407 e. The zero-order valence-corrected chi connectivity index (χ0v) is 8.67. The first kappa shape index (κ1) is 10.4. The fraction of sp³-hybridized carbons (Fsp3) is 0.900. The molecular formula is C10H19NO2. The molecule has 1 saturated carbocycles. The van der Waals surface area contributed by atoms with Crippen molar-refractivity contribution in [1.29, 1.82) is 0 Å². The van der Waals surface area contributed by atoms with E-state index < -0.39 is 0 Å². The molecule has 1 N–H and O–H groups in total. The van der Waals surface area contributed by atoms with Crippen LogP contribution in [0.1, 0.15) is 33.1 Å². The molecule has 3 unspecified atom stereocenters. The summed E-state index contributed by atoms with van der Waals surface area (Å²) in [6.45, 7) is 4.42. The summed E-state index contributed by atoms with van der Waals surface area (Å²) in [5.41, 5.74) is 0. The summed E-state index contributed by atoms with van der Waals surface area (Å²) in [4.78, 5) is 11.0. The fourth-order valence-electron chi connectivity index (χ4n) is 2.24. The molecule has 76 valence electrons. The van der Waals surface area contributed by atoms with E-state index in [1.807, 2.05) is 0 Å². The van der Waals surface area contributed by atoms with E-state index in [0.29, 0.717) is 12.0 Å². The van der Waals surface area contributed by atoms with Gasteiger partial charge in [-0.05, 0) is 24.7 Å². The summed E-state index contributed by atoms with van der Waals surface area (Å²) in [5, 5.41) is 2.88. The molecule has 0 aliphatic heterocycles. The van der Waals surface area contributed by atoms with Crippen molar-refractivity contribution in [2.45, 2.75) is 39.2 Å². The van der Waals surface area contributed by atoms with Crippen LogP contribution in [-0.4, -0.2) is 19.2 Å². The Morgan fingerprint density at radius 1 is 1.54 bits per heavy atom. The van der Waals surface area contributed by atoms with Gasteiger partial charge in [0.15, 0.2) is 0 Å². The SMILES string of the molecule is CCC1CCC(NC(=O)OC)C1C. The summed E-state index contributed by atoms with van der Waals surface area (Å²) >= 11 is 0. The minimum Gasteiger partial charge on any atom is -0.453 e. The van der Waals surface area contributed by atoms with E-state index >= 15 is 0 Å². The van der Waals surface area contributed by atoms with Gasteiger partial charge in [0.1, 0.15) is 0 Å². The van der Waals surface area contributed by atoms with Gasteiger partial charge in [0, 0.05) is 6.04 Å². The molecule has 0 saturated heterocycles. The second-order valence-electron chi connectivity index (χ2n) is 3.85. The first-order valence-corrected chi connectivity index (χ1v) is 5.03. The van der Waals surface area contributed by atoms with Gasteiger partial charge >= 0.3 is 6.09 Å². The Bertz CT molecular complexity index is 182. The second kappa shape index (κ2) is 4.49. The van der Waals surface area contributed by atoms with Crippen molar-refractivity contribution in [3.63, 3.8) is 0 Å². The largest absolute Gasteiger partial charge is 0.453 e. The van der Waals surface area contributed by atoms with Gasteiger partial charge in [-0.25, -0.2) is 4.79 Å². The number of alkyl carbamates (subject to hydrolysis) is 1. The van der Waals surface area contributed by atoms with Crippen LogP contribution < -0.4 is 5.32 Å². The van der Waals surface area contributed by atoms with Crippen molar-refractivity contribution >= 4 is 6.09 Å². The maximum atomic E-state index is 11.0. The van der Waals surface area contributed by atoms with Crippen LogP contribution in [0, 0.1) is 11.8 Å². The molecule has 3 atom stereocenters. The maximum absolute atomic E-state index is 11.0. The number of methoxy groups -OCH3 is 1. The van der Waals surface area contributed by atoms with Gasteiger partial charge in [-0.3, -0.25) is 0 Å². The third kappa shape index (κ3) is 2.36. The third-order valence-electron chi connectivity index (χ3n) is 3.24. The Kier molecular flexibility index (Phi) is 3.58. The molecule has 1 aliphatic carbocycles. The molecule has 3 nitrogen and oxygen atoms in total. The first-order chi connectivity index (χ1) is 6.19. The molecule has 0 bridgehead atoms. The van der Waals surface area contributed by atoms with Crippen LogP contribution in [0.25, 0.3) is 0 Å². The number of carbonyl (C=O) groups excluding carboxylic acids is 1. The van der Waals surface area contributed by atoms with Crippen LogP contribution in [0.4, 0.5) is 4.79 Å². The highest BCUT2D eigenvalue weighted by Crippen LogP contribution is 2.33. The lowest BCUT2D eigenvalue weighted by Gasteiger charge is -2.19. The molecule has 3 heteroatoms. The normalized spacial score (nSPS) is 33.0. The number of carbonyl (C=O) groups is 1. The number of ether oxygens (including phenoxy) is 1. The van der Waals surface area contributed by atoms with Gasteiger partial charge in [0.05, 0.1) is 7.11 Å². The Balaban J connectivity index is 2.40. The second-order valence-corrected chi connectivity index (χ2v) is 3.85. The van der Waals surface area contributed by atoms with Crippen LogP contribution in [0.5, 0.6) is 0 Å². The van der Waals surface area contributed by atoms with Gasteiger partial charge in [-0.1, -0.05) is 20.3 Å². The van der Waals surface area contributed by atoms with E-state index in [0.717, 1.165) is 12.3 Å². The van der Waals surface area contributed by atoms with Crippen LogP contribution in [0.15, 0.2) is 0 Å². The standard InChI is InChI=1S/C10H19NO2/c1-4-8-5-6-9(7(8)2)11-10(12)13-3/h7-9H,4-6H2,1-3H3,(H,11,12). The van der Waals surface area contributed by atoms with E-state index in [2.05, 4.69) is 23.9 Å². The van der Waals surface area contributed by atoms with E-state index in [1.165, 1.54) is 20.0 Å². The van der Waals surface area contributed by atoms with Gasteiger partial charge in [0.25, 0.3) is 0 Å². The highest BCUT2D eigenvalue weighted by atomic mass is 16.5. The zero-order valence-electron chi connectivity index (χ0n) is 8.67. The van der Waals surface area contributed by atoms with Gasteiger partial charge in [0.2, 0.25) is 0 Å². The lowest BCUT2D eigenvalue weighted by Crippen LogP contribution is -2.37. The predicted octanol–water partition coefficient (Wildman–Crippen LogP) is 2.17. The quantitative estimate of drug-likeness (QED) is 0.716. The Labute approximate surface area is 79.8 Å². The summed E-state index contributed by atoms with van der Waals surface area (Å²) in [7, 11) is 1.41. The highest BCUT2D eigenvalue weighted by Gasteiger charge is 2.32. The van der Waals surface area contributed by atoms with Crippen molar-refractivity contribution in [1.82, 2.24) is 5.32 Å². The summed E-state index contributed by atoms with van der Waals surface area (Å²) in [6, 6.07) is 0.317. The molecule has 1 aliphatic rings. The van der Waals surface area contributed by atoms with E-state index in [-0.39, 0.29) is 6.09 Å². The number of rotatable bonds is 2. The Hall–Kier alpha value is -0.730. The van der Waals surface area contributed by atoms with Crippen LogP contribution in [-0.2, 0) is 4.74 Å². The van der Waals surface area contributed by atoms with Gasteiger partial charge in [-0.2, -0.15) is 0 Å². The smallest absolute Gasteiger partial charge is 0.407 e. The summed E-state index contributed by atoms with van der Waals surface area (Å²) in [6.07, 6.45) is 3.23. The average Bonchev–Trinajstić information content (AvgIpc) is 2.48. The van der Waals surface area contributed by atoms with Crippen molar-refractivity contribution in [3.05, 3.63) is 0 Å². The lowest BCUT2D eigenvalue weighted by atomic mass is 9.94. The minimum atomic E-state index is -0.298.